The summed E-state index contributed by atoms with van der Waals surface area (Å²) in [5.41, 5.74) is 0.225. The monoisotopic (exact) mass is 632 g/mol. The Morgan fingerprint density at radius 2 is 1.07 bits per heavy atom. The minimum atomic E-state index is -4.80. The minimum Gasteiger partial charge on any atom is -0.497 e. The van der Waals surface area contributed by atoms with Crippen LogP contribution in [-0.4, -0.2) is 41.5 Å². The first-order chi connectivity index (χ1) is 19.4. The molecule has 4 rings (SSSR count). The van der Waals surface area contributed by atoms with E-state index < -0.39 is 40.4 Å². The Kier molecular flexibility index (Phi) is 8.28. The lowest BCUT2D eigenvalue weighted by molar-refractivity contribution is 0.414. The molecule has 0 fully saturated rings. The predicted molar refractivity (Wildman–Crippen MR) is 154 cm³/mol. The maximum atomic E-state index is 13.0. The molecular weight excluding hydrogens is 605 g/mol. The molecule has 4 aromatic carbocycles. The summed E-state index contributed by atoms with van der Waals surface area (Å²) in [7, 11) is -11.7. The van der Waals surface area contributed by atoms with Crippen LogP contribution in [0.2, 0.25) is 0 Å². The summed E-state index contributed by atoms with van der Waals surface area (Å²) in [6, 6.07) is 19.8. The Balaban J connectivity index is 1.68. The summed E-state index contributed by atoms with van der Waals surface area (Å²) in [6.07, 6.45) is 0. The third-order valence-corrected chi connectivity index (χ3v) is 10.5. The molecule has 0 saturated carbocycles. The lowest BCUT2D eigenvalue weighted by Gasteiger charge is -2.27. The van der Waals surface area contributed by atoms with Crippen LogP contribution >= 0.6 is 0 Å². The van der Waals surface area contributed by atoms with E-state index in [1.165, 1.54) is 86.8 Å². The highest BCUT2D eigenvalue weighted by Gasteiger charge is 2.29. The second kappa shape index (κ2) is 11.2. The molecule has 0 aliphatic carbocycles. The Bertz CT molecular complexity index is 1960. The molecule has 4 aromatic rings. The van der Waals surface area contributed by atoms with Gasteiger partial charge in [0, 0.05) is 5.41 Å². The number of ether oxygens (including phenoxy) is 2. The van der Waals surface area contributed by atoms with Gasteiger partial charge in [-0.25, -0.2) is 8.42 Å². The van der Waals surface area contributed by atoms with Crippen molar-refractivity contribution in [1.29, 1.82) is 0 Å². The molecule has 0 aliphatic rings. The standard InChI is InChI=1S/C29H28O10S3/c1-19-5-6-20(17-27(19)41(32,33)34)29(2,3)21-7-16-26(28(18-21)42(35,36)37)39-23-10-14-25(15-11-23)40(30,31)24-12-8-22(38-4)9-13-24/h5-18H,1-4H3,(H,32,33,34)(H,35,36,37). The van der Waals surface area contributed by atoms with Crippen LogP contribution < -0.4 is 9.47 Å². The topological polar surface area (TPSA) is 161 Å². The van der Waals surface area contributed by atoms with E-state index in [9.17, 15) is 34.4 Å². The van der Waals surface area contributed by atoms with Gasteiger partial charge in [-0.2, -0.15) is 16.8 Å². The summed E-state index contributed by atoms with van der Waals surface area (Å²) >= 11 is 0. The molecule has 0 aromatic heterocycles. The quantitative estimate of drug-likeness (QED) is 0.227. The van der Waals surface area contributed by atoms with E-state index in [1.807, 2.05) is 0 Å². The molecule has 0 heterocycles. The van der Waals surface area contributed by atoms with Crippen molar-refractivity contribution in [3.63, 3.8) is 0 Å². The van der Waals surface area contributed by atoms with Gasteiger partial charge in [-0.05, 0) is 90.3 Å². The zero-order valence-corrected chi connectivity index (χ0v) is 25.4. The van der Waals surface area contributed by atoms with E-state index in [2.05, 4.69) is 0 Å². The molecule has 0 bridgehead atoms. The first-order valence-corrected chi connectivity index (χ1v) is 16.7. The van der Waals surface area contributed by atoms with Crippen molar-refractivity contribution in [2.45, 2.75) is 45.8 Å². The van der Waals surface area contributed by atoms with Gasteiger partial charge in [0.25, 0.3) is 20.2 Å². The largest absolute Gasteiger partial charge is 0.497 e. The summed E-state index contributed by atoms with van der Waals surface area (Å²) in [5.74, 6) is 0.394. The lowest BCUT2D eigenvalue weighted by Crippen LogP contribution is -2.20. The normalized spacial score (nSPS) is 12.6. The number of benzene rings is 4. The summed E-state index contributed by atoms with van der Waals surface area (Å²) in [6.45, 7) is 4.97. The van der Waals surface area contributed by atoms with Gasteiger partial charge in [0.2, 0.25) is 9.84 Å². The number of rotatable bonds is 9. The van der Waals surface area contributed by atoms with Crippen molar-refractivity contribution in [2.75, 3.05) is 7.11 Å². The van der Waals surface area contributed by atoms with Gasteiger partial charge in [-0.15, -0.1) is 0 Å². The third-order valence-electron chi connectivity index (χ3n) is 6.86. The molecule has 10 nitrogen and oxygen atoms in total. The van der Waals surface area contributed by atoms with Crippen molar-refractivity contribution in [2.24, 2.45) is 0 Å². The molecule has 0 atom stereocenters. The molecule has 222 valence electrons. The Labute approximate surface area is 245 Å². The predicted octanol–water partition coefficient (Wildman–Crippen LogP) is 5.45. The molecule has 13 heteroatoms. The van der Waals surface area contributed by atoms with Gasteiger partial charge in [-0.3, -0.25) is 9.11 Å². The molecule has 42 heavy (non-hydrogen) atoms. The smallest absolute Gasteiger partial charge is 0.298 e. The Morgan fingerprint density at radius 1 is 0.619 bits per heavy atom. The maximum Gasteiger partial charge on any atom is 0.298 e. The number of hydrogen-bond donors (Lipinski definition) is 2. The van der Waals surface area contributed by atoms with Crippen LogP contribution in [-0.2, 0) is 35.5 Å². The molecule has 0 aliphatic heterocycles. The van der Waals surface area contributed by atoms with Crippen molar-refractivity contribution in [1.82, 2.24) is 0 Å². The van der Waals surface area contributed by atoms with E-state index >= 15 is 0 Å². The van der Waals surface area contributed by atoms with Crippen LogP contribution in [0.1, 0.15) is 30.5 Å². The molecule has 2 N–H and O–H groups in total. The fraction of sp³-hybridized carbons (Fsp3) is 0.172. The Morgan fingerprint density at radius 3 is 1.55 bits per heavy atom. The van der Waals surface area contributed by atoms with Crippen LogP contribution in [0, 0.1) is 6.92 Å². The van der Waals surface area contributed by atoms with Crippen molar-refractivity contribution in [3.8, 4) is 17.2 Å². The highest BCUT2D eigenvalue weighted by atomic mass is 32.2. The van der Waals surface area contributed by atoms with E-state index in [-0.39, 0.29) is 26.2 Å². The number of hydrogen-bond acceptors (Lipinski definition) is 8. The zero-order chi connectivity index (χ0) is 31.1. The second-order valence-electron chi connectivity index (χ2n) is 9.97. The third kappa shape index (κ3) is 6.35. The second-order valence-corrected chi connectivity index (χ2v) is 14.7. The Hall–Kier alpha value is -3.75. The zero-order valence-electron chi connectivity index (χ0n) is 23.0. The van der Waals surface area contributed by atoms with Crippen molar-refractivity contribution >= 4 is 30.1 Å². The number of aryl methyl sites for hydroxylation is 1. The average molecular weight is 633 g/mol. The fourth-order valence-electron chi connectivity index (χ4n) is 4.32. The summed E-state index contributed by atoms with van der Waals surface area (Å²) in [4.78, 5) is -0.791. The number of sulfone groups is 1. The van der Waals surface area contributed by atoms with E-state index in [0.717, 1.165) is 0 Å². The van der Waals surface area contributed by atoms with Crippen molar-refractivity contribution < 1.29 is 43.8 Å². The van der Waals surface area contributed by atoms with Gasteiger partial charge < -0.3 is 9.47 Å². The lowest BCUT2D eigenvalue weighted by atomic mass is 9.78. The molecule has 0 amide bonds. The highest BCUT2D eigenvalue weighted by Crippen LogP contribution is 2.38. The number of methoxy groups -OCH3 is 1. The molecule has 0 unspecified atom stereocenters. The van der Waals surface area contributed by atoms with E-state index in [4.69, 9.17) is 9.47 Å². The van der Waals surface area contributed by atoms with Crippen molar-refractivity contribution in [3.05, 3.63) is 102 Å². The van der Waals surface area contributed by atoms with E-state index in [0.29, 0.717) is 22.4 Å². The van der Waals surface area contributed by atoms with E-state index in [1.54, 1.807) is 26.0 Å². The van der Waals surface area contributed by atoms with Crippen LogP contribution in [0.25, 0.3) is 0 Å². The molecule has 0 radical (unpaired) electrons. The van der Waals surface area contributed by atoms with Crippen LogP contribution in [0.4, 0.5) is 0 Å². The van der Waals surface area contributed by atoms with Crippen LogP contribution in [0.5, 0.6) is 17.2 Å². The van der Waals surface area contributed by atoms with Gasteiger partial charge in [0.05, 0.1) is 21.8 Å². The van der Waals surface area contributed by atoms with Crippen LogP contribution in [0.3, 0.4) is 0 Å². The molecule has 0 spiro atoms. The molecule has 0 saturated heterocycles. The highest BCUT2D eigenvalue weighted by molar-refractivity contribution is 7.91. The van der Waals surface area contributed by atoms with Gasteiger partial charge >= 0.3 is 0 Å². The summed E-state index contributed by atoms with van der Waals surface area (Å²) < 4.78 is 105. The average Bonchev–Trinajstić information content (AvgIpc) is 2.92. The first-order valence-electron chi connectivity index (χ1n) is 12.3. The SMILES string of the molecule is COc1ccc(S(=O)(=O)c2ccc(Oc3ccc(C(C)(C)c4ccc(C)c(S(=O)(=O)O)c4)cc3S(=O)(=O)O)cc2)cc1. The maximum absolute atomic E-state index is 13.0. The molecular formula is C29H28O10S3. The van der Waals surface area contributed by atoms with Crippen LogP contribution in [0.15, 0.2) is 105 Å². The minimum absolute atomic E-state index is 0.0190. The summed E-state index contributed by atoms with van der Waals surface area (Å²) in [5, 5.41) is 0. The van der Waals surface area contributed by atoms with Gasteiger partial charge in [0.1, 0.15) is 22.1 Å². The van der Waals surface area contributed by atoms with Gasteiger partial charge in [0.15, 0.2) is 0 Å². The van der Waals surface area contributed by atoms with Gasteiger partial charge in [-0.1, -0.05) is 32.0 Å². The first kappa shape index (κ1) is 31.2. The fourth-order valence-corrected chi connectivity index (χ4v) is 6.97.